The fourth-order valence-corrected chi connectivity index (χ4v) is 4.28. The van der Waals surface area contributed by atoms with Gasteiger partial charge in [-0.25, -0.2) is 4.98 Å². The van der Waals surface area contributed by atoms with Crippen LogP contribution in [0.1, 0.15) is 32.0 Å². The number of aryl methyl sites for hydroxylation is 1. The van der Waals surface area contributed by atoms with E-state index < -0.39 is 0 Å². The van der Waals surface area contributed by atoms with Gasteiger partial charge >= 0.3 is 0 Å². The minimum atomic E-state index is 0.0462. The second-order valence-corrected chi connectivity index (χ2v) is 7.59. The van der Waals surface area contributed by atoms with Crippen molar-refractivity contribution in [1.82, 2.24) is 19.8 Å². The molecule has 1 atom stereocenters. The number of hydrogen-bond donors (Lipinski definition) is 1. The van der Waals surface area contributed by atoms with Crippen molar-refractivity contribution in [1.29, 1.82) is 0 Å². The molecule has 1 amide bonds. The van der Waals surface area contributed by atoms with Crippen LogP contribution in [-0.2, 0) is 17.9 Å². The summed E-state index contributed by atoms with van der Waals surface area (Å²) in [6.07, 6.45) is 7.17. The number of ether oxygens (including phenoxy) is 1. The summed E-state index contributed by atoms with van der Waals surface area (Å²) in [4.78, 5) is 19.6. The third kappa shape index (κ3) is 3.86. The molecule has 1 aliphatic carbocycles. The maximum Gasteiger partial charge on any atom is 0.261 e. The summed E-state index contributed by atoms with van der Waals surface area (Å²) in [5, 5.41) is 3.43. The van der Waals surface area contributed by atoms with Crippen LogP contribution in [0.15, 0.2) is 42.7 Å². The average molecular weight is 368 g/mol. The van der Waals surface area contributed by atoms with E-state index in [4.69, 9.17) is 4.74 Å². The van der Waals surface area contributed by atoms with Gasteiger partial charge in [-0.05, 0) is 56.8 Å². The summed E-state index contributed by atoms with van der Waals surface area (Å²) in [6, 6.07) is 9.84. The Kier molecular flexibility index (Phi) is 5.16. The zero-order chi connectivity index (χ0) is 18.7. The minimum absolute atomic E-state index is 0.0462. The highest BCUT2D eigenvalue weighted by atomic mass is 16.5. The van der Waals surface area contributed by atoms with Crippen LogP contribution in [0, 0.1) is 5.41 Å². The van der Waals surface area contributed by atoms with Gasteiger partial charge < -0.3 is 19.5 Å². The SMILES string of the molecule is CCn1ccnc1CN(C(=O)COc1ccccc1)[C@@H]1CC12CCNCC2. The van der Waals surface area contributed by atoms with Gasteiger partial charge in [0.05, 0.1) is 6.54 Å². The van der Waals surface area contributed by atoms with E-state index >= 15 is 0 Å². The number of aromatic nitrogens is 2. The highest BCUT2D eigenvalue weighted by molar-refractivity contribution is 5.78. The lowest BCUT2D eigenvalue weighted by molar-refractivity contribution is -0.135. The Morgan fingerprint density at radius 1 is 1.33 bits per heavy atom. The smallest absolute Gasteiger partial charge is 0.261 e. The monoisotopic (exact) mass is 368 g/mol. The molecule has 0 radical (unpaired) electrons. The molecule has 1 saturated carbocycles. The Hall–Kier alpha value is -2.34. The number of para-hydroxylation sites is 1. The molecule has 4 rings (SSSR count). The molecule has 1 N–H and O–H groups in total. The second-order valence-electron chi connectivity index (χ2n) is 7.59. The molecular weight excluding hydrogens is 340 g/mol. The summed E-state index contributed by atoms with van der Waals surface area (Å²) in [6.45, 7) is 5.67. The second kappa shape index (κ2) is 7.72. The molecule has 6 nitrogen and oxygen atoms in total. The summed E-state index contributed by atoms with van der Waals surface area (Å²) >= 11 is 0. The Morgan fingerprint density at radius 2 is 2.11 bits per heavy atom. The lowest BCUT2D eigenvalue weighted by Crippen LogP contribution is -2.41. The normalized spacial score (nSPS) is 20.4. The largest absolute Gasteiger partial charge is 0.484 e. The van der Waals surface area contributed by atoms with Crippen LogP contribution in [0.3, 0.4) is 0 Å². The number of rotatable bonds is 7. The van der Waals surface area contributed by atoms with Crippen molar-refractivity contribution in [2.75, 3.05) is 19.7 Å². The molecule has 27 heavy (non-hydrogen) atoms. The molecule has 6 heteroatoms. The first-order chi connectivity index (χ1) is 13.2. The molecule has 2 fully saturated rings. The van der Waals surface area contributed by atoms with E-state index in [1.807, 2.05) is 47.6 Å². The number of piperidine rings is 1. The number of carbonyl (C=O) groups is 1. The van der Waals surface area contributed by atoms with Crippen molar-refractivity contribution in [3.63, 3.8) is 0 Å². The van der Waals surface area contributed by atoms with Crippen LogP contribution in [0.5, 0.6) is 5.75 Å². The zero-order valence-corrected chi connectivity index (χ0v) is 15.9. The van der Waals surface area contributed by atoms with Crippen molar-refractivity contribution < 1.29 is 9.53 Å². The molecule has 0 unspecified atom stereocenters. The number of imidazole rings is 1. The Morgan fingerprint density at radius 3 is 2.85 bits per heavy atom. The third-order valence-corrected chi connectivity index (χ3v) is 6.00. The van der Waals surface area contributed by atoms with Crippen LogP contribution in [0.4, 0.5) is 0 Å². The Balaban J connectivity index is 1.48. The van der Waals surface area contributed by atoms with E-state index in [0.717, 1.165) is 50.5 Å². The topological polar surface area (TPSA) is 59.4 Å². The number of benzene rings is 1. The Bertz CT molecular complexity index is 767. The van der Waals surface area contributed by atoms with E-state index in [9.17, 15) is 4.79 Å². The van der Waals surface area contributed by atoms with Crippen LogP contribution in [-0.4, -0.2) is 46.1 Å². The van der Waals surface area contributed by atoms with Crippen molar-refractivity contribution in [2.45, 2.75) is 45.3 Å². The quantitative estimate of drug-likeness (QED) is 0.816. The van der Waals surface area contributed by atoms with Gasteiger partial charge in [0.25, 0.3) is 5.91 Å². The molecule has 2 heterocycles. The maximum absolute atomic E-state index is 13.1. The van der Waals surface area contributed by atoms with Crippen molar-refractivity contribution in [3.05, 3.63) is 48.5 Å². The first-order valence-electron chi connectivity index (χ1n) is 9.90. The van der Waals surface area contributed by atoms with Crippen molar-refractivity contribution in [2.24, 2.45) is 5.41 Å². The van der Waals surface area contributed by atoms with Gasteiger partial charge in [-0.1, -0.05) is 18.2 Å². The summed E-state index contributed by atoms with van der Waals surface area (Å²) < 4.78 is 7.85. The fourth-order valence-electron chi connectivity index (χ4n) is 4.28. The van der Waals surface area contributed by atoms with Crippen LogP contribution in [0.2, 0.25) is 0 Å². The number of hydrogen-bond acceptors (Lipinski definition) is 4. The van der Waals surface area contributed by atoms with E-state index in [1.54, 1.807) is 0 Å². The predicted molar refractivity (Wildman–Crippen MR) is 103 cm³/mol. The molecule has 1 aromatic heterocycles. The minimum Gasteiger partial charge on any atom is -0.484 e. The average Bonchev–Trinajstić information content (AvgIpc) is 3.18. The fraction of sp³-hybridized carbons (Fsp3) is 0.524. The number of carbonyl (C=O) groups excluding carboxylic acids is 1. The van der Waals surface area contributed by atoms with Gasteiger partial charge in [0.2, 0.25) is 0 Å². The van der Waals surface area contributed by atoms with E-state index in [0.29, 0.717) is 12.6 Å². The third-order valence-electron chi connectivity index (χ3n) is 6.00. The highest BCUT2D eigenvalue weighted by Crippen LogP contribution is 2.56. The van der Waals surface area contributed by atoms with Crippen LogP contribution >= 0.6 is 0 Å². The molecular formula is C21H28N4O2. The molecule has 2 aromatic rings. The Labute approximate surface area is 160 Å². The number of nitrogens with zero attached hydrogens (tertiary/aromatic N) is 3. The molecule has 1 spiro atoms. The van der Waals surface area contributed by atoms with Crippen LogP contribution < -0.4 is 10.1 Å². The number of nitrogens with one attached hydrogen (secondary N) is 1. The number of amides is 1. The summed E-state index contributed by atoms with van der Waals surface area (Å²) in [5.41, 5.74) is 0.289. The van der Waals surface area contributed by atoms with Gasteiger partial charge in [0.15, 0.2) is 6.61 Å². The molecule has 1 saturated heterocycles. The summed E-state index contributed by atoms with van der Waals surface area (Å²) in [7, 11) is 0. The molecule has 144 valence electrons. The summed E-state index contributed by atoms with van der Waals surface area (Å²) in [5.74, 6) is 1.72. The standard InChI is InChI=1S/C21H28N4O2/c1-2-24-13-12-23-19(24)15-25(18-14-21(18)8-10-22-11-9-21)20(26)16-27-17-6-4-3-5-7-17/h3-7,12-13,18,22H,2,8-11,14-16H2,1H3/t18-/m1/s1. The van der Waals surface area contributed by atoms with Crippen molar-refractivity contribution in [3.8, 4) is 5.75 Å². The lowest BCUT2D eigenvalue weighted by atomic mass is 9.93. The zero-order valence-electron chi connectivity index (χ0n) is 15.9. The van der Waals surface area contributed by atoms with E-state index in [2.05, 4.69) is 21.8 Å². The molecule has 1 aliphatic heterocycles. The first kappa shape index (κ1) is 18.0. The van der Waals surface area contributed by atoms with Gasteiger partial charge in [0.1, 0.15) is 11.6 Å². The predicted octanol–water partition coefficient (Wildman–Crippen LogP) is 2.45. The van der Waals surface area contributed by atoms with Crippen LogP contribution in [0.25, 0.3) is 0 Å². The first-order valence-corrected chi connectivity index (χ1v) is 9.90. The molecule has 0 bridgehead atoms. The van der Waals surface area contributed by atoms with Gasteiger partial charge in [-0.3, -0.25) is 4.79 Å². The highest BCUT2D eigenvalue weighted by Gasteiger charge is 2.57. The van der Waals surface area contributed by atoms with Gasteiger partial charge in [-0.2, -0.15) is 0 Å². The van der Waals surface area contributed by atoms with Crippen molar-refractivity contribution >= 4 is 5.91 Å². The van der Waals surface area contributed by atoms with E-state index in [1.165, 1.54) is 0 Å². The van der Waals surface area contributed by atoms with Gasteiger partial charge in [0, 0.05) is 25.0 Å². The molecule has 2 aliphatic rings. The maximum atomic E-state index is 13.1. The molecule has 1 aromatic carbocycles. The van der Waals surface area contributed by atoms with Gasteiger partial charge in [-0.15, -0.1) is 0 Å². The van der Waals surface area contributed by atoms with E-state index in [-0.39, 0.29) is 17.9 Å². The lowest BCUT2D eigenvalue weighted by Gasteiger charge is -2.29.